The number of ether oxygens (including phenoxy) is 1. The molecule has 1 N–H and O–H groups in total. The zero-order chi connectivity index (χ0) is 19.9. The molecule has 6 heteroatoms. The molecule has 0 spiro atoms. The van der Waals surface area contributed by atoms with Gasteiger partial charge in [0.2, 0.25) is 0 Å². The SMILES string of the molecule is CC(C)NC(=O)c1ccccc1OCC1CCCN(C(=O)c2ccncc2)C1. The fraction of sp³-hybridized carbons (Fsp3) is 0.409. The maximum absolute atomic E-state index is 12.7. The van der Waals surface area contributed by atoms with Crippen LogP contribution in [0.2, 0.25) is 0 Å². The Balaban J connectivity index is 1.61. The quantitative estimate of drug-likeness (QED) is 0.834. The third-order valence-electron chi connectivity index (χ3n) is 4.76. The number of nitrogens with one attached hydrogen (secondary N) is 1. The summed E-state index contributed by atoms with van der Waals surface area (Å²) in [7, 11) is 0. The van der Waals surface area contributed by atoms with E-state index in [4.69, 9.17) is 4.74 Å². The highest BCUT2D eigenvalue weighted by Gasteiger charge is 2.25. The first-order valence-electron chi connectivity index (χ1n) is 9.76. The summed E-state index contributed by atoms with van der Waals surface area (Å²) in [5.74, 6) is 0.714. The van der Waals surface area contributed by atoms with Crippen molar-refractivity contribution in [1.29, 1.82) is 0 Å². The van der Waals surface area contributed by atoms with Crippen molar-refractivity contribution in [1.82, 2.24) is 15.2 Å². The highest BCUT2D eigenvalue weighted by molar-refractivity contribution is 5.97. The van der Waals surface area contributed by atoms with Gasteiger partial charge in [-0.1, -0.05) is 12.1 Å². The van der Waals surface area contributed by atoms with Gasteiger partial charge in [-0.2, -0.15) is 0 Å². The van der Waals surface area contributed by atoms with E-state index in [2.05, 4.69) is 10.3 Å². The Morgan fingerprint density at radius 1 is 1.21 bits per heavy atom. The molecule has 0 bridgehead atoms. The van der Waals surface area contributed by atoms with Crippen molar-refractivity contribution >= 4 is 11.8 Å². The first-order valence-corrected chi connectivity index (χ1v) is 9.76. The minimum Gasteiger partial charge on any atom is -0.492 e. The van der Waals surface area contributed by atoms with Gasteiger partial charge >= 0.3 is 0 Å². The molecule has 2 aromatic rings. The molecule has 148 valence electrons. The normalized spacial score (nSPS) is 16.7. The van der Waals surface area contributed by atoms with E-state index in [1.807, 2.05) is 36.9 Å². The van der Waals surface area contributed by atoms with Crippen LogP contribution >= 0.6 is 0 Å². The molecule has 1 atom stereocenters. The second-order valence-electron chi connectivity index (χ2n) is 7.43. The van der Waals surface area contributed by atoms with Crippen LogP contribution < -0.4 is 10.1 Å². The van der Waals surface area contributed by atoms with Gasteiger partial charge in [0.15, 0.2) is 0 Å². The van der Waals surface area contributed by atoms with E-state index in [9.17, 15) is 9.59 Å². The van der Waals surface area contributed by atoms with E-state index < -0.39 is 0 Å². The number of hydrogen-bond acceptors (Lipinski definition) is 4. The number of rotatable bonds is 6. The van der Waals surface area contributed by atoms with E-state index >= 15 is 0 Å². The summed E-state index contributed by atoms with van der Waals surface area (Å²) < 4.78 is 6.00. The number of likely N-dealkylation sites (tertiary alicyclic amines) is 1. The summed E-state index contributed by atoms with van der Waals surface area (Å²) in [6.07, 6.45) is 5.22. The first kappa shape index (κ1) is 19.9. The summed E-state index contributed by atoms with van der Waals surface area (Å²) in [4.78, 5) is 30.9. The van der Waals surface area contributed by atoms with Gasteiger partial charge in [0.1, 0.15) is 5.75 Å². The van der Waals surface area contributed by atoms with Crippen LogP contribution in [-0.4, -0.2) is 47.4 Å². The van der Waals surface area contributed by atoms with Crippen molar-refractivity contribution in [3.05, 3.63) is 59.9 Å². The van der Waals surface area contributed by atoms with Crippen molar-refractivity contribution in [3.63, 3.8) is 0 Å². The van der Waals surface area contributed by atoms with Gasteiger partial charge in [-0.3, -0.25) is 14.6 Å². The molecule has 1 aromatic carbocycles. The number of aromatic nitrogens is 1. The van der Waals surface area contributed by atoms with Gasteiger partial charge in [-0.05, 0) is 51.0 Å². The molecule has 1 aromatic heterocycles. The van der Waals surface area contributed by atoms with E-state index in [1.165, 1.54) is 0 Å². The molecule has 1 aliphatic rings. The minimum absolute atomic E-state index is 0.0313. The van der Waals surface area contributed by atoms with Crippen molar-refractivity contribution in [2.75, 3.05) is 19.7 Å². The molecule has 0 saturated carbocycles. The maximum Gasteiger partial charge on any atom is 0.255 e. The maximum atomic E-state index is 12.7. The fourth-order valence-electron chi connectivity index (χ4n) is 3.39. The third-order valence-corrected chi connectivity index (χ3v) is 4.76. The molecule has 0 aliphatic carbocycles. The summed E-state index contributed by atoms with van der Waals surface area (Å²) in [5.41, 5.74) is 1.20. The fourth-order valence-corrected chi connectivity index (χ4v) is 3.39. The Hall–Kier alpha value is -2.89. The zero-order valence-corrected chi connectivity index (χ0v) is 16.4. The summed E-state index contributed by atoms with van der Waals surface area (Å²) in [6, 6.07) is 10.8. The van der Waals surface area contributed by atoms with Crippen molar-refractivity contribution in [2.45, 2.75) is 32.7 Å². The number of piperidine rings is 1. The lowest BCUT2D eigenvalue weighted by atomic mass is 9.98. The molecule has 1 unspecified atom stereocenters. The Morgan fingerprint density at radius 3 is 2.71 bits per heavy atom. The number of nitrogens with zero attached hydrogens (tertiary/aromatic N) is 2. The van der Waals surface area contributed by atoms with Crippen LogP contribution in [0, 0.1) is 5.92 Å². The predicted molar refractivity (Wildman–Crippen MR) is 107 cm³/mol. The predicted octanol–water partition coefficient (Wildman–Crippen LogP) is 3.15. The van der Waals surface area contributed by atoms with Crippen LogP contribution in [0.25, 0.3) is 0 Å². The topological polar surface area (TPSA) is 71.5 Å². The zero-order valence-electron chi connectivity index (χ0n) is 16.4. The molecule has 2 amide bonds. The molecule has 1 aliphatic heterocycles. The number of hydrogen-bond donors (Lipinski definition) is 1. The van der Waals surface area contributed by atoms with Gasteiger partial charge < -0.3 is 15.0 Å². The van der Waals surface area contributed by atoms with Crippen LogP contribution in [0.4, 0.5) is 0 Å². The number of pyridine rings is 1. The van der Waals surface area contributed by atoms with Gasteiger partial charge in [0, 0.05) is 43.0 Å². The van der Waals surface area contributed by atoms with E-state index in [-0.39, 0.29) is 23.8 Å². The third kappa shape index (κ3) is 5.09. The Bertz CT molecular complexity index is 808. The average molecular weight is 381 g/mol. The largest absolute Gasteiger partial charge is 0.492 e. The molecule has 0 radical (unpaired) electrons. The monoisotopic (exact) mass is 381 g/mol. The summed E-state index contributed by atoms with van der Waals surface area (Å²) in [5, 5.41) is 2.90. The number of carbonyl (C=O) groups excluding carboxylic acids is 2. The lowest BCUT2D eigenvalue weighted by Gasteiger charge is -2.32. The Morgan fingerprint density at radius 2 is 1.96 bits per heavy atom. The molecule has 1 saturated heterocycles. The Labute approximate surface area is 165 Å². The standard InChI is InChI=1S/C22H27N3O3/c1-16(2)24-21(26)19-7-3-4-8-20(19)28-15-17-6-5-13-25(14-17)22(27)18-9-11-23-12-10-18/h3-4,7-12,16-17H,5-6,13-15H2,1-2H3,(H,24,26). The van der Waals surface area contributed by atoms with E-state index in [0.29, 0.717) is 30.0 Å². The minimum atomic E-state index is -0.135. The lowest BCUT2D eigenvalue weighted by Crippen LogP contribution is -2.41. The smallest absolute Gasteiger partial charge is 0.255 e. The lowest BCUT2D eigenvalue weighted by molar-refractivity contribution is 0.0633. The number of carbonyl (C=O) groups is 2. The summed E-state index contributed by atoms with van der Waals surface area (Å²) in [6.45, 7) is 5.74. The van der Waals surface area contributed by atoms with Gasteiger partial charge in [-0.25, -0.2) is 0 Å². The molecule has 6 nitrogen and oxygen atoms in total. The molecule has 2 heterocycles. The second kappa shape index (κ2) is 9.35. The van der Waals surface area contributed by atoms with Gasteiger partial charge in [-0.15, -0.1) is 0 Å². The van der Waals surface area contributed by atoms with Crippen LogP contribution in [0.1, 0.15) is 47.4 Å². The van der Waals surface area contributed by atoms with E-state index in [0.717, 1.165) is 19.4 Å². The molecule has 3 rings (SSSR count). The number of benzene rings is 1. The van der Waals surface area contributed by atoms with Gasteiger partial charge in [0.25, 0.3) is 11.8 Å². The average Bonchev–Trinajstić information content (AvgIpc) is 2.72. The van der Waals surface area contributed by atoms with Crippen LogP contribution in [0.3, 0.4) is 0 Å². The number of amides is 2. The molecule has 28 heavy (non-hydrogen) atoms. The van der Waals surface area contributed by atoms with Gasteiger partial charge in [0.05, 0.1) is 12.2 Å². The van der Waals surface area contributed by atoms with Crippen molar-refractivity contribution < 1.29 is 14.3 Å². The van der Waals surface area contributed by atoms with Crippen molar-refractivity contribution in [2.24, 2.45) is 5.92 Å². The summed E-state index contributed by atoms with van der Waals surface area (Å²) >= 11 is 0. The Kier molecular flexibility index (Phi) is 6.63. The molecular weight excluding hydrogens is 354 g/mol. The first-order chi connectivity index (χ1) is 13.5. The van der Waals surface area contributed by atoms with Crippen LogP contribution in [0.5, 0.6) is 5.75 Å². The van der Waals surface area contributed by atoms with Crippen molar-refractivity contribution in [3.8, 4) is 5.75 Å². The molecule has 1 fully saturated rings. The second-order valence-corrected chi connectivity index (χ2v) is 7.43. The molecular formula is C22H27N3O3. The van der Waals surface area contributed by atoms with E-state index in [1.54, 1.807) is 30.6 Å². The van der Waals surface area contributed by atoms with Crippen LogP contribution in [0.15, 0.2) is 48.8 Å². The highest BCUT2D eigenvalue weighted by Crippen LogP contribution is 2.23. The van der Waals surface area contributed by atoms with Crippen LogP contribution in [-0.2, 0) is 0 Å². The number of para-hydroxylation sites is 1. The highest BCUT2D eigenvalue weighted by atomic mass is 16.5.